The zero-order valence-corrected chi connectivity index (χ0v) is 10.8. The van der Waals surface area contributed by atoms with Crippen molar-refractivity contribution in [1.29, 1.82) is 0 Å². The van der Waals surface area contributed by atoms with Crippen LogP contribution < -0.4 is 16.2 Å². The van der Waals surface area contributed by atoms with Gasteiger partial charge in [0, 0.05) is 19.8 Å². The first-order chi connectivity index (χ1) is 8.41. The standard InChI is InChI=1S/C12H19N3O3/c1-8(2)10(16)7-13-12(18)14-9-5-4-6-15(3)11(9)17/h4-6,8,10,16H,7H2,1-3H3,(H2,13,14,18)/t10-/m1/s1. The second-order valence-electron chi connectivity index (χ2n) is 4.48. The number of amides is 2. The Morgan fingerprint density at radius 1 is 1.50 bits per heavy atom. The van der Waals surface area contributed by atoms with E-state index in [9.17, 15) is 14.7 Å². The molecule has 0 bridgehead atoms. The molecule has 18 heavy (non-hydrogen) atoms. The number of nitrogens with zero attached hydrogens (tertiary/aromatic N) is 1. The van der Waals surface area contributed by atoms with E-state index in [1.807, 2.05) is 13.8 Å². The summed E-state index contributed by atoms with van der Waals surface area (Å²) < 4.78 is 1.37. The van der Waals surface area contributed by atoms with Crippen molar-refractivity contribution in [3.05, 3.63) is 28.7 Å². The second-order valence-corrected chi connectivity index (χ2v) is 4.48. The van der Waals surface area contributed by atoms with Gasteiger partial charge in [-0.2, -0.15) is 0 Å². The maximum atomic E-state index is 11.6. The van der Waals surface area contributed by atoms with E-state index in [0.29, 0.717) is 0 Å². The summed E-state index contributed by atoms with van der Waals surface area (Å²) in [6.45, 7) is 3.87. The predicted octanol–water partition coefficient (Wildman–Crippen LogP) is 0.524. The Balaban J connectivity index is 2.55. The number of carbonyl (C=O) groups excluding carboxylic acids is 1. The van der Waals surface area contributed by atoms with Crippen molar-refractivity contribution in [3.8, 4) is 0 Å². The third-order valence-electron chi connectivity index (χ3n) is 2.61. The van der Waals surface area contributed by atoms with Crippen LogP contribution in [0.3, 0.4) is 0 Å². The highest BCUT2D eigenvalue weighted by molar-refractivity contribution is 5.88. The van der Waals surface area contributed by atoms with Gasteiger partial charge in [0.2, 0.25) is 0 Å². The Kier molecular flexibility index (Phi) is 4.91. The largest absolute Gasteiger partial charge is 0.391 e. The Morgan fingerprint density at radius 3 is 2.78 bits per heavy atom. The Hall–Kier alpha value is -1.82. The van der Waals surface area contributed by atoms with Gasteiger partial charge >= 0.3 is 6.03 Å². The number of rotatable bonds is 4. The fourth-order valence-electron chi connectivity index (χ4n) is 1.29. The zero-order valence-electron chi connectivity index (χ0n) is 10.8. The van der Waals surface area contributed by atoms with Crippen LogP contribution in [0.15, 0.2) is 23.1 Å². The van der Waals surface area contributed by atoms with Gasteiger partial charge in [0.1, 0.15) is 5.69 Å². The first-order valence-electron chi connectivity index (χ1n) is 5.80. The normalized spacial score (nSPS) is 12.3. The molecular formula is C12H19N3O3. The van der Waals surface area contributed by atoms with E-state index in [0.717, 1.165) is 0 Å². The van der Waals surface area contributed by atoms with Crippen molar-refractivity contribution < 1.29 is 9.90 Å². The van der Waals surface area contributed by atoms with E-state index in [-0.39, 0.29) is 23.7 Å². The number of aliphatic hydroxyl groups is 1. The van der Waals surface area contributed by atoms with Gasteiger partial charge in [-0.1, -0.05) is 13.8 Å². The molecule has 0 aliphatic carbocycles. The minimum atomic E-state index is -0.602. The fraction of sp³-hybridized carbons (Fsp3) is 0.500. The number of pyridine rings is 1. The third-order valence-corrected chi connectivity index (χ3v) is 2.61. The molecule has 6 nitrogen and oxygen atoms in total. The van der Waals surface area contributed by atoms with Gasteiger partial charge in [0.25, 0.3) is 5.56 Å². The van der Waals surface area contributed by atoms with Crippen LogP contribution >= 0.6 is 0 Å². The van der Waals surface area contributed by atoms with E-state index in [1.54, 1.807) is 19.3 Å². The summed E-state index contributed by atoms with van der Waals surface area (Å²) in [6, 6.07) is 2.69. The van der Waals surface area contributed by atoms with Gasteiger partial charge in [0.05, 0.1) is 6.10 Å². The van der Waals surface area contributed by atoms with Crippen LogP contribution in [0.4, 0.5) is 10.5 Å². The molecule has 1 heterocycles. The maximum Gasteiger partial charge on any atom is 0.319 e. The summed E-state index contributed by atoms with van der Waals surface area (Å²) in [6.07, 6.45) is 1.00. The summed E-state index contributed by atoms with van der Waals surface area (Å²) in [5, 5.41) is 14.5. The van der Waals surface area contributed by atoms with Crippen molar-refractivity contribution in [2.75, 3.05) is 11.9 Å². The molecule has 0 aliphatic heterocycles. The van der Waals surface area contributed by atoms with E-state index in [1.165, 1.54) is 10.6 Å². The van der Waals surface area contributed by atoms with E-state index in [2.05, 4.69) is 10.6 Å². The molecule has 0 fully saturated rings. The van der Waals surface area contributed by atoms with Crippen molar-refractivity contribution >= 4 is 11.7 Å². The van der Waals surface area contributed by atoms with Crippen molar-refractivity contribution in [2.45, 2.75) is 20.0 Å². The van der Waals surface area contributed by atoms with E-state index < -0.39 is 12.1 Å². The minimum absolute atomic E-state index is 0.0647. The van der Waals surface area contributed by atoms with Crippen LogP contribution in [-0.4, -0.2) is 28.4 Å². The molecule has 6 heteroatoms. The predicted molar refractivity (Wildman–Crippen MR) is 69.5 cm³/mol. The van der Waals surface area contributed by atoms with E-state index >= 15 is 0 Å². The van der Waals surface area contributed by atoms with Gasteiger partial charge in [0.15, 0.2) is 0 Å². The van der Waals surface area contributed by atoms with Crippen LogP contribution in [0, 0.1) is 5.92 Å². The molecule has 1 rings (SSSR count). The number of nitrogens with one attached hydrogen (secondary N) is 2. The molecule has 100 valence electrons. The van der Waals surface area contributed by atoms with Crippen LogP contribution in [0.25, 0.3) is 0 Å². The number of aliphatic hydroxyl groups excluding tert-OH is 1. The average Bonchev–Trinajstić information content (AvgIpc) is 2.32. The SMILES string of the molecule is CC(C)[C@H](O)CNC(=O)Nc1cccn(C)c1=O. The van der Waals surface area contributed by atoms with Gasteiger partial charge < -0.3 is 20.3 Å². The first-order valence-corrected chi connectivity index (χ1v) is 5.80. The molecular weight excluding hydrogens is 234 g/mol. The molecule has 1 aromatic rings. The second kappa shape index (κ2) is 6.20. The smallest absolute Gasteiger partial charge is 0.319 e. The third kappa shape index (κ3) is 3.89. The van der Waals surface area contributed by atoms with Crippen molar-refractivity contribution in [3.63, 3.8) is 0 Å². The van der Waals surface area contributed by atoms with Crippen LogP contribution in [0.5, 0.6) is 0 Å². The Labute approximate surface area is 106 Å². The maximum absolute atomic E-state index is 11.6. The molecule has 1 aromatic heterocycles. The highest BCUT2D eigenvalue weighted by Gasteiger charge is 2.11. The average molecular weight is 253 g/mol. The van der Waals surface area contributed by atoms with Crippen molar-refractivity contribution in [2.24, 2.45) is 13.0 Å². The molecule has 1 atom stereocenters. The van der Waals surface area contributed by atoms with Gasteiger partial charge in [-0.05, 0) is 18.1 Å². The number of urea groups is 1. The van der Waals surface area contributed by atoms with Gasteiger partial charge in [-0.3, -0.25) is 4.79 Å². The summed E-state index contributed by atoms with van der Waals surface area (Å²) in [5.74, 6) is 0.0647. The summed E-state index contributed by atoms with van der Waals surface area (Å²) in [5.41, 5.74) is -0.0754. The lowest BCUT2D eigenvalue weighted by atomic mass is 10.1. The molecule has 0 aliphatic rings. The summed E-state index contributed by atoms with van der Waals surface area (Å²) in [4.78, 5) is 23.1. The zero-order chi connectivity index (χ0) is 13.7. The molecule has 0 unspecified atom stereocenters. The van der Waals surface area contributed by atoms with Crippen LogP contribution in [0.2, 0.25) is 0 Å². The number of aryl methyl sites for hydroxylation is 1. The molecule has 3 N–H and O–H groups in total. The fourth-order valence-corrected chi connectivity index (χ4v) is 1.29. The van der Waals surface area contributed by atoms with E-state index in [4.69, 9.17) is 0 Å². The molecule has 0 saturated heterocycles. The molecule has 2 amide bonds. The lowest BCUT2D eigenvalue weighted by molar-refractivity contribution is 0.126. The Morgan fingerprint density at radius 2 is 2.17 bits per heavy atom. The van der Waals surface area contributed by atoms with Crippen LogP contribution in [0.1, 0.15) is 13.8 Å². The van der Waals surface area contributed by atoms with Crippen LogP contribution in [-0.2, 0) is 7.05 Å². The molecule has 0 aromatic carbocycles. The topological polar surface area (TPSA) is 83.4 Å². The summed E-state index contributed by atoms with van der Waals surface area (Å²) in [7, 11) is 1.61. The summed E-state index contributed by atoms with van der Waals surface area (Å²) >= 11 is 0. The van der Waals surface area contributed by atoms with Gasteiger partial charge in [-0.25, -0.2) is 4.79 Å². The lowest BCUT2D eigenvalue weighted by Gasteiger charge is -2.15. The molecule has 0 saturated carbocycles. The number of aromatic nitrogens is 1. The highest BCUT2D eigenvalue weighted by atomic mass is 16.3. The first kappa shape index (κ1) is 14.2. The quantitative estimate of drug-likeness (QED) is 0.731. The number of hydrogen-bond donors (Lipinski definition) is 3. The highest BCUT2D eigenvalue weighted by Crippen LogP contribution is 2.00. The minimum Gasteiger partial charge on any atom is -0.391 e. The monoisotopic (exact) mass is 253 g/mol. The number of anilines is 1. The number of carbonyl (C=O) groups is 1. The van der Waals surface area contributed by atoms with Gasteiger partial charge in [-0.15, -0.1) is 0 Å². The van der Waals surface area contributed by atoms with Crippen molar-refractivity contribution in [1.82, 2.24) is 9.88 Å². The molecule has 0 radical (unpaired) electrons. The lowest BCUT2D eigenvalue weighted by Crippen LogP contribution is -2.38. The Bertz CT molecular complexity index is 468. The number of hydrogen-bond acceptors (Lipinski definition) is 3. The molecule has 0 spiro atoms.